The fraction of sp³-hybridized carbons (Fsp3) is 0.286. The number of nitrogens with one attached hydrogen (secondary N) is 1. The topological polar surface area (TPSA) is 42.7 Å². The Labute approximate surface area is 126 Å². The molecule has 0 radical (unpaired) electrons. The Morgan fingerprint density at radius 2 is 2.20 bits per heavy atom. The van der Waals surface area contributed by atoms with Crippen LogP contribution in [0.3, 0.4) is 0 Å². The van der Waals surface area contributed by atoms with Crippen molar-refractivity contribution >= 4 is 33.0 Å². The molecule has 0 aliphatic heterocycles. The highest BCUT2D eigenvalue weighted by atomic mass is 35.5. The Balaban J connectivity index is 1.77. The van der Waals surface area contributed by atoms with E-state index < -0.39 is 0 Å². The Morgan fingerprint density at radius 1 is 1.40 bits per heavy atom. The van der Waals surface area contributed by atoms with Gasteiger partial charge in [0.25, 0.3) is 0 Å². The minimum atomic E-state index is 0.128. The second-order valence-corrected chi connectivity index (χ2v) is 6.25. The molecule has 2 heterocycles. The molecule has 1 unspecified atom stereocenters. The predicted octanol–water partition coefficient (Wildman–Crippen LogP) is 3.53. The standard InChI is InChI=1S/C14H15ClN4S/c1-9(14-18-17-8-19(14)2)16-7-12-13(15)10-5-3-4-6-11(10)20-12/h3-6,8-9,16H,7H2,1-2H3. The van der Waals surface area contributed by atoms with Gasteiger partial charge >= 0.3 is 0 Å². The van der Waals surface area contributed by atoms with E-state index in [1.807, 2.05) is 23.7 Å². The van der Waals surface area contributed by atoms with Gasteiger partial charge in [0, 0.05) is 28.6 Å². The van der Waals surface area contributed by atoms with Crippen LogP contribution in [0.25, 0.3) is 10.1 Å². The highest BCUT2D eigenvalue weighted by Crippen LogP contribution is 2.35. The van der Waals surface area contributed by atoms with Crippen LogP contribution in [0.4, 0.5) is 0 Å². The summed E-state index contributed by atoms with van der Waals surface area (Å²) in [6.45, 7) is 2.80. The number of halogens is 1. The fourth-order valence-corrected chi connectivity index (χ4v) is 3.65. The highest BCUT2D eigenvalue weighted by molar-refractivity contribution is 7.19. The van der Waals surface area contributed by atoms with E-state index in [9.17, 15) is 0 Å². The lowest BCUT2D eigenvalue weighted by atomic mass is 10.2. The molecule has 0 saturated heterocycles. The summed E-state index contributed by atoms with van der Waals surface area (Å²) in [5.41, 5.74) is 0. The van der Waals surface area contributed by atoms with E-state index in [1.165, 1.54) is 4.70 Å². The lowest BCUT2D eigenvalue weighted by Gasteiger charge is -2.12. The second-order valence-electron chi connectivity index (χ2n) is 4.74. The van der Waals surface area contributed by atoms with Crippen molar-refractivity contribution in [2.45, 2.75) is 19.5 Å². The molecule has 0 aliphatic carbocycles. The van der Waals surface area contributed by atoms with Crippen LogP contribution in [0, 0.1) is 0 Å². The summed E-state index contributed by atoms with van der Waals surface area (Å²) in [6.07, 6.45) is 1.71. The lowest BCUT2D eigenvalue weighted by molar-refractivity contribution is 0.531. The van der Waals surface area contributed by atoms with Crippen molar-refractivity contribution in [3.63, 3.8) is 0 Å². The third-order valence-corrected chi connectivity index (χ3v) is 5.02. The van der Waals surface area contributed by atoms with Crippen molar-refractivity contribution in [2.24, 2.45) is 7.05 Å². The van der Waals surface area contributed by atoms with Crippen LogP contribution in [0.15, 0.2) is 30.6 Å². The molecular weight excluding hydrogens is 292 g/mol. The van der Waals surface area contributed by atoms with Gasteiger partial charge < -0.3 is 9.88 Å². The number of nitrogens with zero attached hydrogens (tertiary/aromatic N) is 3. The quantitative estimate of drug-likeness (QED) is 0.802. The summed E-state index contributed by atoms with van der Waals surface area (Å²) in [5, 5.41) is 13.4. The summed E-state index contributed by atoms with van der Waals surface area (Å²) in [4.78, 5) is 1.15. The summed E-state index contributed by atoms with van der Waals surface area (Å²) in [5.74, 6) is 0.919. The maximum Gasteiger partial charge on any atom is 0.149 e. The van der Waals surface area contributed by atoms with Crippen LogP contribution in [0.5, 0.6) is 0 Å². The molecule has 2 aromatic heterocycles. The highest BCUT2D eigenvalue weighted by Gasteiger charge is 2.14. The van der Waals surface area contributed by atoms with Gasteiger partial charge in [-0.3, -0.25) is 0 Å². The number of fused-ring (bicyclic) bond motifs is 1. The van der Waals surface area contributed by atoms with Crippen LogP contribution in [0.1, 0.15) is 23.7 Å². The number of thiophene rings is 1. The maximum atomic E-state index is 6.43. The van der Waals surface area contributed by atoms with Crippen molar-refractivity contribution in [2.75, 3.05) is 0 Å². The number of aromatic nitrogens is 3. The summed E-state index contributed by atoms with van der Waals surface area (Å²) in [6, 6.07) is 8.34. The zero-order valence-corrected chi connectivity index (χ0v) is 12.9. The Morgan fingerprint density at radius 3 is 2.90 bits per heavy atom. The fourth-order valence-electron chi connectivity index (χ4n) is 2.20. The molecule has 3 rings (SSSR count). The summed E-state index contributed by atoms with van der Waals surface area (Å²) < 4.78 is 3.14. The van der Waals surface area contributed by atoms with Gasteiger partial charge in [0.2, 0.25) is 0 Å². The average Bonchev–Trinajstić information content (AvgIpc) is 3.01. The zero-order valence-electron chi connectivity index (χ0n) is 11.3. The van der Waals surface area contributed by atoms with Crippen molar-refractivity contribution in [1.82, 2.24) is 20.1 Å². The molecule has 0 fully saturated rings. The molecule has 20 heavy (non-hydrogen) atoms. The van der Waals surface area contributed by atoms with Gasteiger partial charge in [-0.05, 0) is 13.0 Å². The molecule has 1 N–H and O–H groups in total. The molecule has 3 aromatic rings. The summed E-state index contributed by atoms with van der Waals surface area (Å²) >= 11 is 8.16. The van der Waals surface area contributed by atoms with Crippen LogP contribution in [-0.2, 0) is 13.6 Å². The van der Waals surface area contributed by atoms with E-state index in [0.717, 1.165) is 27.7 Å². The van der Waals surface area contributed by atoms with Gasteiger partial charge in [-0.15, -0.1) is 21.5 Å². The summed E-state index contributed by atoms with van der Waals surface area (Å²) in [7, 11) is 1.94. The molecule has 104 valence electrons. The molecule has 1 atom stereocenters. The average molecular weight is 307 g/mol. The van der Waals surface area contributed by atoms with Crippen LogP contribution < -0.4 is 5.32 Å². The van der Waals surface area contributed by atoms with Gasteiger partial charge in [-0.2, -0.15) is 0 Å². The molecule has 0 saturated carbocycles. The Hall–Kier alpha value is -1.43. The van der Waals surface area contributed by atoms with Gasteiger partial charge in [0.05, 0.1) is 11.1 Å². The van der Waals surface area contributed by atoms with E-state index in [1.54, 1.807) is 17.7 Å². The lowest BCUT2D eigenvalue weighted by Crippen LogP contribution is -2.20. The molecule has 0 amide bonds. The Kier molecular flexibility index (Phi) is 3.74. The SMILES string of the molecule is CC(NCc1sc2ccccc2c1Cl)c1nncn1C. The number of rotatable bonds is 4. The first-order chi connectivity index (χ1) is 9.66. The largest absolute Gasteiger partial charge is 0.319 e. The maximum absolute atomic E-state index is 6.43. The van der Waals surface area contributed by atoms with Crippen LogP contribution in [-0.4, -0.2) is 14.8 Å². The normalized spacial score (nSPS) is 12.9. The van der Waals surface area contributed by atoms with E-state index in [4.69, 9.17) is 11.6 Å². The third kappa shape index (κ3) is 2.44. The van der Waals surface area contributed by atoms with Gasteiger partial charge in [0.1, 0.15) is 12.2 Å². The second kappa shape index (κ2) is 5.52. The first-order valence-corrected chi connectivity index (χ1v) is 7.59. The van der Waals surface area contributed by atoms with Crippen molar-refractivity contribution < 1.29 is 0 Å². The molecule has 0 aliphatic rings. The van der Waals surface area contributed by atoms with Gasteiger partial charge in [0.15, 0.2) is 0 Å². The molecule has 1 aromatic carbocycles. The number of hydrogen-bond acceptors (Lipinski definition) is 4. The number of aryl methyl sites for hydroxylation is 1. The van der Waals surface area contributed by atoms with Crippen molar-refractivity contribution in [3.8, 4) is 0 Å². The molecule has 4 nitrogen and oxygen atoms in total. The monoisotopic (exact) mass is 306 g/mol. The van der Waals surface area contributed by atoms with Crippen LogP contribution >= 0.6 is 22.9 Å². The van der Waals surface area contributed by atoms with Gasteiger partial charge in [-0.1, -0.05) is 29.8 Å². The molecule has 0 spiro atoms. The van der Waals surface area contributed by atoms with Gasteiger partial charge in [-0.25, -0.2) is 0 Å². The van der Waals surface area contributed by atoms with E-state index in [-0.39, 0.29) is 6.04 Å². The predicted molar refractivity (Wildman–Crippen MR) is 83.1 cm³/mol. The minimum Gasteiger partial charge on any atom is -0.319 e. The molecular formula is C14H15ClN4S. The number of benzene rings is 1. The Bertz CT molecular complexity index is 734. The first-order valence-electron chi connectivity index (χ1n) is 6.40. The first kappa shape index (κ1) is 13.5. The van der Waals surface area contributed by atoms with E-state index in [2.05, 4.69) is 34.6 Å². The van der Waals surface area contributed by atoms with Crippen molar-refractivity contribution in [1.29, 1.82) is 0 Å². The van der Waals surface area contributed by atoms with E-state index in [0.29, 0.717) is 0 Å². The van der Waals surface area contributed by atoms with Crippen molar-refractivity contribution in [3.05, 3.63) is 46.3 Å². The zero-order chi connectivity index (χ0) is 14.1. The van der Waals surface area contributed by atoms with E-state index >= 15 is 0 Å². The minimum absolute atomic E-state index is 0.128. The number of hydrogen-bond donors (Lipinski definition) is 1. The third-order valence-electron chi connectivity index (χ3n) is 3.30. The smallest absolute Gasteiger partial charge is 0.149 e. The molecule has 6 heteroatoms. The molecule has 0 bridgehead atoms. The van der Waals surface area contributed by atoms with Crippen LogP contribution in [0.2, 0.25) is 5.02 Å².